The van der Waals surface area contributed by atoms with Crippen LogP contribution in [0.3, 0.4) is 0 Å². The summed E-state index contributed by atoms with van der Waals surface area (Å²) in [6, 6.07) is 14.6. The van der Waals surface area contributed by atoms with Crippen LogP contribution in [-0.2, 0) is 4.79 Å². The van der Waals surface area contributed by atoms with E-state index in [1.54, 1.807) is 13.2 Å². The third-order valence-corrected chi connectivity index (χ3v) is 3.77. The van der Waals surface area contributed by atoms with Crippen molar-refractivity contribution in [3.8, 4) is 11.5 Å². The molecule has 0 saturated carbocycles. The third kappa shape index (κ3) is 7.03. The maximum absolute atomic E-state index is 12.0. The maximum atomic E-state index is 12.0. The maximum Gasteiger partial charge on any atom is 0.238 e. The van der Waals surface area contributed by atoms with E-state index in [0.29, 0.717) is 18.2 Å². The van der Waals surface area contributed by atoms with Gasteiger partial charge < -0.3 is 14.8 Å². The van der Waals surface area contributed by atoms with Gasteiger partial charge in [-0.1, -0.05) is 17.7 Å². The predicted octanol–water partition coefficient (Wildman–Crippen LogP) is 3.69. The number of carbonyl (C=O) groups is 1. The Morgan fingerprint density at radius 2 is 1.92 bits per heavy atom. The molecule has 0 aliphatic carbocycles. The standard InChI is InChI=1S/C19H23ClN2O3/c1-22(11-4-12-25-18-6-3-5-15(20)13-18)14-19(23)21-16-7-9-17(24-2)10-8-16/h3,5-10,13H,4,11-12,14H2,1-2H3,(H,21,23). The Labute approximate surface area is 153 Å². The van der Waals surface area contributed by atoms with Crippen molar-refractivity contribution in [2.24, 2.45) is 0 Å². The van der Waals surface area contributed by atoms with Gasteiger partial charge in [-0.05, 0) is 55.9 Å². The first-order valence-corrected chi connectivity index (χ1v) is 8.45. The molecule has 0 spiro atoms. The van der Waals surface area contributed by atoms with Gasteiger partial charge in [-0.15, -0.1) is 0 Å². The fourth-order valence-corrected chi connectivity index (χ4v) is 2.46. The Kier molecular flexibility index (Phi) is 7.57. The third-order valence-electron chi connectivity index (χ3n) is 3.54. The number of methoxy groups -OCH3 is 1. The molecule has 0 unspecified atom stereocenters. The van der Waals surface area contributed by atoms with Gasteiger partial charge in [0.2, 0.25) is 5.91 Å². The molecule has 134 valence electrons. The number of anilines is 1. The second kappa shape index (κ2) is 9.91. The summed E-state index contributed by atoms with van der Waals surface area (Å²) in [6.07, 6.45) is 0.818. The summed E-state index contributed by atoms with van der Waals surface area (Å²) in [5.74, 6) is 1.46. The van der Waals surface area contributed by atoms with Crippen molar-refractivity contribution in [1.82, 2.24) is 4.90 Å². The average molecular weight is 363 g/mol. The minimum atomic E-state index is -0.0524. The number of hydrogen-bond acceptors (Lipinski definition) is 4. The van der Waals surface area contributed by atoms with Crippen LogP contribution in [0, 0.1) is 0 Å². The van der Waals surface area contributed by atoms with E-state index in [1.165, 1.54) is 0 Å². The molecule has 5 nitrogen and oxygen atoms in total. The van der Waals surface area contributed by atoms with E-state index in [9.17, 15) is 4.79 Å². The summed E-state index contributed by atoms with van der Waals surface area (Å²) in [5, 5.41) is 3.52. The molecule has 1 N–H and O–H groups in total. The van der Waals surface area contributed by atoms with Crippen molar-refractivity contribution < 1.29 is 14.3 Å². The van der Waals surface area contributed by atoms with Crippen molar-refractivity contribution in [3.63, 3.8) is 0 Å². The Balaban J connectivity index is 1.65. The molecule has 1 amide bonds. The number of carbonyl (C=O) groups excluding carboxylic acids is 1. The molecule has 0 radical (unpaired) electrons. The highest BCUT2D eigenvalue weighted by Gasteiger charge is 2.07. The Morgan fingerprint density at radius 1 is 1.16 bits per heavy atom. The molecular formula is C19H23ClN2O3. The number of rotatable bonds is 9. The highest BCUT2D eigenvalue weighted by molar-refractivity contribution is 6.30. The van der Waals surface area contributed by atoms with Crippen LogP contribution in [-0.4, -0.2) is 44.7 Å². The molecule has 2 aromatic carbocycles. The second-order valence-electron chi connectivity index (χ2n) is 5.67. The van der Waals surface area contributed by atoms with E-state index >= 15 is 0 Å². The molecule has 2 rings (SSSR count). The lowest BCUT2D eigenvalue weighted by molar-refractivity contribution is -0.117. The summed E-state index contributed by atoms with van der Waals surface area (Å²) in [7, 11) is 3.52. The molecule has 0 atom stereocenters. The molecule has 0 aliphatic heterocycles. The number of likely N-dealkylation sites (N-methyl/N-ethyl adjacent to an activating group) is 1. The summed E-state index contributed by atoms with van der Waals surface area (Å²) < 4.78 is 10.7. The van der Waals surface area contributed by atoms with E-state index in [-0.39, 0.29) is 5.91 Å². The molecule has 2 aromatic rings. The van der Waals surface area contributed by atoms with Gasteiger partial charge in [-0.3, -0.25) is 9.69 Å². The summed E-state index contributed by atoms with van der Waals surface area (Å²) >= 11 is 5.91. The van der Waals surface area contributed by atoms with Crippen LogP contribution >= 0.6 is 11.6 Å². The molecule has 0 bridgehead atoms. The van der Waals surface area contributed by atoms with Gasteiger partial charge >= 0.3 is 0 Å². The van der Waals surface area contributed by atoms with Gasteiger partial charge in [0.1, 0.15) is 11.5 Å². The lowest BCUT2D eigenvalue weighted by Gasteiger charge is -2.16. The van der Waals surface area contributed by atoms with Crippen molar-refractivity contribution in [3.05, 3.63) is 53.6 Å². The number of halogens is 1. The van der Waals surface area contributed by atoms with Crippen LogP contribution in [0.1, 0.15) is 6.42 Å². The predicted molar refractivity (Wildman–Crippen MR) is 101 cm³/mol. The number of hydrogen-bond donors (Lipinski definition) is 1. The molecule has 0 aliphatic rings. The topological polar surface area (TPSA) is 50.8 Å². The normalized spacial score (nSPS) is 10.6. The highest BCUT2D eigenvalue weighted by atomic mass is 35.5. The smallest absolute Gasteiger partial charge is 0.238 e. The van der Waals surface area contributed by atoms with E-state index in [2.05, 4.69) is 5.32 Å². The zero-order valence-corrected chi connectivity index (χ0v) is 15.3. The van der Waals surface area contributed by atoms with E-state index < -0.39 is 0 Å². The molecule has 0 aromatic heterocycles. The number of nitrogens with one attached hydrogen (secondary N) is 1. The van der Waals surface area contributed by atoms with E-state index in [0.717, 1.165) is 30.2 Å². The largest absolute Gasteiger partial charge is 0.497 e. The van der Waals surface area contributed by atoms with Crippen molar-refractivity contribution in [1.29, 1.82) is 0 Å². The quantitative estimate of drug-likeness (QED) is 0.691. The molecule has 25 heavy (non-hydrogen) atoms. The van der Waals surface area contributed by atoms with Gasteiger partial charge in [0.25, 0.3) is 0 Å². The van der Waals surface area contributed by atoms with Crippen LogP contribution < -0.4 is 14.8 Å². The Bertz CT molecular complexity index is 677. The van der Waals surface area contributed by atoms with Gasteiger partial charge in [-0.2, -0.15) is 0 Å². The number of nitrogens with zero attached hydrogens (tertiary/aromatic N) is 1. The molecule has 0 saturated heterocycles. The van der Waals surface area contributed by atoms with Crippen molar-refractivity contribution >= 4 is 23.2 Å². The minimum absolute atomic E-state index is 0.0524. The summed E-state index contributed by atoms with van der Waals surface area (Å²) in [6.45, 7) is 1.66. The minimum Gasteiger partial charge on any atom is -0.497 e. The molecule has 0 heterocycles. The SMILES string of the molecule is COc1ccc(NC(=O)CN(C)CCCOc2cccc(Cl)c2)cc1. The monoisotopic (exact) mass is 362 g/mol. The number of benzene rings is 2. The fourth-order valence-electron chi connectivity index (χ4n) is 2.28. The van der Waals surface area contributed by atoms with Crippen LogP contribution in [0.4, 0.5) is 5.69 Å². The number of ether oxygens (including phenoxy) is 2. The van der Waals surface area contributed by atoms with Gasteiger partial charge in [0.05, 0.1) is 20.3 Å². The van der Waals surface area contributed by atoms with Crippen LogP contribution in [0.5, 0.6) is 11.5 Å². The zero-order chi connectivity index (χ0) is 18.1. The first kappa shape index (κ1) is 19.1. The van der Waals surface area contributed by atoms with Gasteiger partial charge in [0, 0.05) is 17.3 Å². The first-order chi connectivity index (χ1) is 12.1. The Hall–Kier alpha value is -2.24. The van der Waals surface area contributed by atoms with Gasteiger partial charge in [0.15, 0.2) is 0 Å². The fraction of sp³-hybridized carbons (Fsp3) is 0.316. The Morgan fingerprint density at radius 3 is 2.60 bits per heavy atom. The lowest BCUT2D eigenvalue weighted by Crippen LogP contribution is -2.31. The average Bonchev–Trinajstić information content (AvgIpc) is 2.59. The van der Waals surface area contributed by atoms with Crippen molar-refractivity contribution in [2.45, 2.75) is 6.42 Å². The van der Waals surface area contributed by atoms with Crippen molar-refractivity contribution in [2.75, 3.05) is 39.2 Å². The zero-order valence-electron chi connectivity index (χ0n) is 14.5. The van der Waals surface area contributed by atoms with Gasteiger partial charge in [-0.25, -0.2) is 0 Å². The number of amides is 1. The van der Waals surface area contributed by atoms with Crippen LogP contribution in [0.2, 0.25) is 5.02 Å². The first-order valence-electron chi connectivity index (χ1n) is 8.07. The molecular weight excluding hydrogens is 340 g/mol. The summed E-state index contributed by atoms with van der Waals surface area (Å²) in [5.41, 5.74) is 0.753. The highest BCUT2D eigenvalue weighted by Crippen LogP contribution is 2.17. The van der Waals surface area contributed by atoms with Crippen LogP contribution in [0.25, 0.3) is 0 Å². The molecule has 6 heteroatoms. The van der Waals surface area contributed by atoms with E-state index in [1.807, 2.05) is 54.4 Å². The summed E-state index contributed by atoms with van der Waals surface area (Å²) in [4.78, 5) is 14.0. The second-order valence-corrected chi connectivity index (χ2v) is 6.11. The van der Waals surface area contributed by atoms with Crippen LogP contribution in [0.15, 0.2) is 48.5 Å². The van der Waals surface area contributed by atoms with E-state index in [4.69, 9.17) is 21.1 Å². The lowest BCUT2D eigenvalue weighted by atomic mass is 10.3. The molecule has 0 fully saturated rings.